The molecule has 258 valence electrons. The van der Waals surface area contributed by atoms with E-state index in [1.807, 2.05) is 19.9 Å². The Hall–Kier alpha value is -3.72. The predicted molar refractivity (Wildman–Crippen MR) is 182 cm³/mol. The summed E-state index contributed by atoms with van der Waals surface area (Å²) in [5.41, 5.74) is 6.67. The Balaban J connectivity index is 0.00000384. The number of nitrogens with two attached hydrogens (primary N) is 1. The number of amides is 3. The van der Waals surface area contributed by atoms with Crippen LogP contribution in [0.25, 0.3) is 0 Å². The molecule has 1 saturated heterocycles. The minimum atomic E-state index is -3.37. The molecule has 1 aliphatic heterocycles. The maximum Gasteiger partial charge on any atom is 0.322 e. The number of hydrogen-bond acceptors (Lipinski definition) is 7. The number of piperidine rings is 1. The van der Waals surface area contributed by atoms with Crippen LogP contribution in [0.4, 0.5) is 25.0 Å². The number of rotatable bonds is 12. The normalized spacial score (nSPS) is 13.6. The molecular formula is C31H40Cl2F2N6O5S. The molecule has 4 N–H and O–H groups in total. The number of pyridine rings is 1. The number of urea groups is 1. The van der Waals surface area contributed by atoms with Crippen LogP contribution in [0.3, 0.4) is 0 Å². The molecule has 0 aliphatic carbocycles. The van der Waals surface area contributed by atoms with Gasteiger partial charge in [-0.1, -0.05) is 19.4 Å². The van der Waals surface area contributed by atoms with Crippen LogP contribution in [0.1, 0.15) is 54.2 Å². The highest BCUT2D eigenvalue weighted by Crippen LogP contribution is 2.26. The number of anilines is 2. The molecule has 0 saturated carbocycles. The number of aromatic nitrogens is 1. The van der Waals surface area contributed by atoms with E-state index in [0.29, 0.717) is 49.3 Å². The van der Waals surface area contributed by atoms with E-state index < -0.39 is 39.2 Å². The number of nitrogens with zero attached hydrogens (tertiary/aromatic N) is 3. The van der Waals surface area contributed by atoms with Crippen molar-refractivity contribution in [3.05, 3.63) is 77.0 Å². The zero-order valence-corrected chi connectivity index (χ0v) is 28.7. The first-order chi connectivity index (χ1) is 21.3. The smallest absolute Gasteiger partial charge is 0.322 e. The van der Waals surface area contributed by atoms with Crippen LogP contribution in [0, 0.1) is 18.6 Å². The Kier molecular flexibility index (Phi) is 14.6. The molecule has 3 amide bonds. The number of nitrogens with one attached hydrogen (secondary N) is 2. The second-order valence-electron chi connectivity index (χ2n) is 11.1. The van der Waals surface area contributed by atoms with E-state index in [9.17, 15) is 26.8 Å². The number of carbonyl (C=O) groups is 2. The second-order valence-corrected chi connectivity index (χ2v) is 12.8. The standard InChI is InChI=1S/C31H38F2N6O5S.2ClH/c1-4-5-14-39(31(41)36-28-17-25(30(34)40)26(32)18-27(28)33)23-12-15-38(16-13-23)19-21-6-11-29(35-20(21)2)44-24-9-7-22(8-10-24)37-45(3,42)43;;/h6-11,17-18,23,37H,4-5,12-16,19H2,1-3H3,(H2,34,40)(H,36,41);2*1H. The average Bonchev–Trinajstić information content (AvgIpc) is 2.97. The monoisotopic (exact) mass is 716 g/mol. The summed E-state index contributed by atoms with van der Waals surface area (Å²) in [6.07, 6.45) is 4.10. The van der Waals surface area contributed by atoms with Crippen molar-refractivity contribution in [3.63, 3.8) is 0 Å². The number of benzene rings is 2. The third-order valence-corrected chi connectivity index (χ3v) is 8.13. The van der Waals surface area contributed by atoms with Crippen molar-refractivity contribution in [3.8, 4) is 11.6 Å². The van der Waals surface area contributed by atoms with E-state index in [4.69, 9.17) is 10.5 Å². The molecule has 0 bridgehead atoms. The van der Waals surface area contributed by atoms with Crippen molar-refractivity contribution in [1.82, 2.24) is 14.8 Å². The Labute approximate surface area is 286 Å². The SMILES string of the molecule is CCCCN(C(=O)Nc1cc(C(N)=O)c(F)cc1F)C1CCN(Cc2ccc(Oc3ccc(NS(C)(=O)=O)cc3)nc2C)CC1.Cl.Cl. The summed E-state index contributed by atoms with van der Waals surface area (Å²) >= 11 is 0. The Morgan fingerprint density at radius 2 is 1.72 bits per heavy atom. The van der Waals surface area contributed by atoms with Crippen LogP contribution in [0.15, 0.2) is 48.5 Å². The molecular weight excluding hydrogens is 677 g/mol. The first-order valence-corrected chi connectivity index (χ1v) is 16.5. The summed E-state index contributed by atoms with van der Waals surface area (Å²) in [6, 6.07) is 11.1. The lowest BCUT2D eigenvalue weighted by atomic mass is 10.0. The van der Waals surface area contributed by atoms with Crippen LogP contribution >= 0.6 is 24.8 Å². The highest BCUT2D eigenvalue weighted by molar-refractivity contribution is 7.92. The summed E-state index contributed by atoms with van der Waals surface area (Å²) in [4.78, 5) is 33.3. The van der Waals surface area contributed by atoms with Crippen molar-refractivity contribution in [2.24, 2.45) is 5.73 Å². The van der Waals surface area contributed by atoms with Gasteiger partial charge in [0, 0.05) is 55.7 Å². The number of ether oxygens (including phenoxy) is 1. The second kappa shape index (κ2) is 17.4. The molecule has 47 heavy (non-hydrogen) atoms. The van der Waals surface area contributed by atoms with Gasteiger partial charge in [-0.2, -0.15) is 0 Å². The van der Waals surface area contributed by atoms with Crippen LogP contribution in [0.2, 0.25) is 0 Å². The number of primary amides is 1. The fourth-order valence-corrected chi connectivity index (χ4v) is 5.71. The zero-order chi connectivity index (χ0) is 32.7. The summed E-state index contributed by atoms with van der Waals surface area (Å²) < 4.78 is 59.4. The van der Waals surface area contributed by atoms with Gasteiger partial charge in [0.2, 0.25) is 15.9 Å². The molecule has 0 radical (unpaired) electrons. The topological polar surface area (TPSA) is 147 Å². The highest BCUT2D eigenvalue weighted by Gasteiger charge is 2.29. The predicted octanol–water partition coefficient (Wildman–Crippen LogP) is 6.07. The highest BCUT2D eigenvalue weighted by atomic mass is 35.5. The molecule has 0 spiro atoms. The molecule has 3 aromatic rings. The molecule has 1 aromatic heterocycles. The first kappa shape index (κ1) is 39.5. The molecule has 0 atom stereocenters. The van der Waals surface area contributed by atoms with Crippen LogP contribution in [-0.2, 0) is 16.6 Å². The summed E-state index contributed by atoms with van der Waals surface area (Å²) in [5.74, 6) is -2.20. The molecule has 2 aromatic carbocycles. The number of unbranched alkanes of at least 4 members (excludes halogenated alkanes) is 1. The lowest BCUT2D eigenvalue weighted by Crippen LogP contribution is -2.49. The van der Waals surface area contributed by atoms with Gasteiger partial charge in [0.25, 0.3) is 5.91 Å². The summed E-state index contributed by atoms with van der Waals surface area (Å²) in [7, 11) is -3.37. The Morgan fingerprint density at radius 1 is 1.06 bits per heavy atom. The van der Waals surface area contributed by atoms with E-state index in [-0.39, 0.29) is 36.5 Å². The van der Waals surface area contributed by atoms with Gasteiger partial charge in [0.15, 0.2) is 0 Å². The van der Waals surface area contributed by atoms with Crippen molar-refractivity contribution >= 4 is 58.2 Å². The van der Waals surface area contributed by atoms with Crippen LogP contribution < -0.4 is 20.5 Å². The summed E-state index contributed by atoms with van der Waals surface area (Å²) in [6.45, 7) is 6.50. The lowest BCUT2D eigenvalue weighted by molar-refractivity contribution is 0.0996. The van der Waals surface area contributed by atoms with Crippen LogP contribution in [0.5, 0.6) is 11.6 Å². The third-order valence-electron chi connectivity index (χ3n) is 7.52. The number of carbonyl (C=O) groups excluding carboxylic acids is 2. The van der Waals surface area contributed by atoms with E-state index in [1.54, 1.807) is 35.2 Å². The van der Waals surface area contributed by atoms with E-state index >= 15 is 0 Å². The Bertz CT molecular complexity index is 1640. The lowest BCUT2D eigenvalue weighted by Gasteiger charge is -2.38. The fourth-order valence-electron chi connectivity index (χ4n) is 5.15. The first-order valence-electron chi connectivity index (χ1n) is 14.6. The molecule has 16 heteroatoms. The minimum absolute atomic E-state index is 0. The van der Waals surface area contributed by atoms with Gasteiger partial charge in [-0.05, 0) is 62.1 Å². The molecule has 1 aliphatic rings. The number of hydrogen-bond donors (Lipinski definition) is 3. The van der Waals surface area contributed by atoms with Crippen molar-refractivity contribution < 1.29 is 31.5 Å². The van der Waals surface area contributed by atoms with Gasteiger partial charge >= 0.3 is 6.03 Å². The van der Waals surface area contributed by atoms with Crippen LogP contribution in [-0.4, -0.2) is 67.1 Å². The van der Waals surface area contributed by atoms with Crippen molar-refractivity contribution in [1.29, 1.82) is 0 Å². The average molecular weight is 718 g/mol. The number of likely N-dealkylation sites (tertiary alicyclic amines) is 1. The van der Waals surface area contributed by atoms with E-state index in [0.717, 1.165) is 49.5 Å². The molecule has 1 fully saturated rings. The van der Waals surface area contributed by atoms with Gasteiger partial charge in [-0.3, -0.25) is 14.4 Å². The minimum Gasteiger partial charge on any atom is -0.439 e. The van der Waals surface area contributed by atoms with Gasteiger partial charge in [0.1, 0.15) is 17.4 Å². The number of halogens is 4. The van der Waals surface area contributed by atoms with Crippen molar-refractivity contribution in [2.45, 2.75) is 52.1 Å². The Morgan fingerprint density at radius 3 is 2.30 bits per heavy atom. The summed E-state index contributed by atoms with van der Waals surface area (Å²) in [5, 5.41) is 2.51. The van der Waals surface area contributed by atoms with Gasteiger partial charge in [0.05, 0.1) is 17.5 Å². The van der Waals surface area contributed by atoms with E-state index in [2.05, 4.69) is 19.9 Å². The molecule has 2 heterocycles. The van der Waals surface area contributed by atoms with Gasteiger partial charge in [-0.15, -0.1) is 24.8 Å². The van der Waals surface area contributed by atoms with Gasteiger partial charge in [-0.25, -0.2) is 27.0 Å². The fraction of sp³-hybridized carbons (Fsp3) is 0.387. The zero-order valence-electron chi connectivity index (χ0n) is 26.3. The molecule has 4 rings (SSSR count). The van der Waals surface area contributed by atoms with Crippen molar-refractivity contribution in [2.75, 3.05) is 35.9 Å². The number of sulfonamides is 1. The van der Waals surface area contributed by atoms with E-state index in [1.165, 1.54) is 0 Å². The largest absolute Gasteiger partial charge is 0.439 e. The quantitative estimate of drug-likeness (QED) is 0.206. The molecule has 11 nitrogen and oxygen atoms in total. The van der Waals surface area contributed by atoms with Gasteiger partial charge < -0.3 is 20.7 Å². The maximum atomic E-state index is 14.4. The third kappa shape index (κ3) is 11.2. The molecule has 0 unspecified atom stereocenters. The number of aryl methyl sites for hydroxylation is 1. The maximum absolute atomic E-state index is 14.4.